The van der Waals surface area contributed by atoms with Crippen LogP contribution in [0.2, 0.25) is 0 Å². The third-order valence-corrected chi connectivity index (χ3v) is 6.87. The van der Waals surface area contributed by atoms with Crippen molar-refractivity contribution in [2.45, 2.75) is 19.3 Å². The minimum absolute atomic E-state index is 0.458. The molecule has 37 heavy (non-hydrogen) atoms. The standard InChI is InChI=1S/C29H22N8/c1-29(2,16-30)26-9-6-21(14-34-26)37-27-22-13-19(18-4-7-23-20(12-18)10-11-32-23)5-8-24(22)33-15-25(27)36(3)28(37)35-17-31/h4-15,32H,1-3H3. The van der Waals surface area contributed by atoms with Gasteiger partial charge in [0.1, 0.15) is 0 Å². The first-order chi connectivity index (χ1) is 17.9. The van der Waals surface area contributed by atoms with Crippen LogP contribution in [-0.4, -0.2) is 24.1 Å². The molecule has 0 spiro atoms. The number of pyridine rings is 2. The van der Waals surface area contributed by atoms with Crippen molar-refractivity contribution >= 4 is 32.8 Å². The van der Waals surface area contributed by atoms with Gasteiger partial charge in [-0.1, -0.05) is 12.1 Å². The summed E-state index contributed by atoms with van der Waals surface area (Å²) in [5.41, 5.74) is 6.94. The van der Waals surface area contributed by atoms with Crippen molar-refractivity contribution in [1.82, 2.24) is 24.1 Å². The predicted molar refractivity (Wildman–Crippen MR) is 142 cm³/mol. The van der Waals surface area contributed by atoms with E-state index < -0.39 is 5.41 Å². The molecular weight excluding hydrogens is 460 g/mol. The Morgan fingerprint density at radius 2 is 1.76 bits per heavy atom. The molecule has 0 fully saturated rings. The summed E-state index contributed by atoms with van der Waals surface area (Å²) in [5, 5.41) is 21.1. The molecule has 0 aliphatic carbocycles. The number of aryl methyl sites for hydroxylation is 1. The fraction of sp³-hybridized carbons (Fsp3) is 0.138. The van der Waals surface area contributed by atoms with Crippen LogP contribution in [0.25, 0.3) is 49.7 Å². The minimum Gasteiger partial charge on any atom is -0.361 e. The Hall–Kier alpha value is -5.21. The Labute approximate surface area is 212 Å². The minimum atomic E-state index is -0.714. The summed E-state index contributed by atoms with van der Waals surface area (Å²) < 4.78 is 3.79. The van der Waals surface area contributed by atoms with Gasteiger partial charge in [-0.25, -0.2) is 0 Å². The summed E-state index contributed by atoms with van der Waals surface area (Å²) in [6.45, 7) is 3.67. The van der Waals surface area contributed by atoms with Crippen LogP contribution in [0.4, 0.5) is 0 Å². The summed E-state index contributed by atoms with van der Waals surface area (Å²) in [7, 11) is 1.87. The fourth-order valence-electron chi connectivity index (χ4n) is 4.78. The fourth-order valence-corrected chi connectivity index (χ4v) is 4.78. The Bertz CT molecular complexity index is 1990. The lowest BCUT2D eigenvalue weighted by atomic mass is 9.91. The molecule has 0 atom stereocenters. The zero-order chi connectivity index (χ0) is 25.7. The van der Waals surface area contributed by atoms with Crippen molar-refractivity contribution in [3.05, 3.63) is 84.5 Å². The molecule has 8 heteroatoms. The molecule has 6 rings (SSSR count). The first-order valence-electron chi connectivity index (χ1n) is 11.8. The number of fused-ring (bicyclic) bond motifs is 4. The van der Waals surface area contributed by atoms with Crippen LogP contribution in [-0.2, 0) is 12.5 Å². The van der Waals surface area contributed by atoms with E-state index >= 15 is 0 Å². The van der Waals surface area contributed by atoms with Crippen molar-refractivity contribution in [2.24, 2.45) is 12.0 Å². The SMILES string of the molecule is Cn1c(=NC#N)n(-c2ccc(C(C)(C)C#N)nc2)c2c3cc(-c4ccc5[nH]ccc5c4)ccc3ncc21. The van der Waals surface area contributed by atoms with Gasteiger partial charge >= 0.3 is 0 Å². The maximum Gasteiger partial charge on any atom is 0.226 e. The molecule has 0 bridgehead atoms. The van der Waals surface area contributed by atoms with Gasteiger partial charge in [-0.15, -0.1) is 4.99 Å². The number of benzene rings is 2. The number of hydrogen-bond acceptors (Lipinski definition) is 5. The summed E-state index contributed by atoms with van der Waals surface area (Å²) in [5.74, 6) is 0. The molecule has 0 amide bonds. The van der Waals surface area contributed by atoms with Crippen LogP contribution in [0, 0.1) is 22.8 Å². The molecule has 0 aliphatic heterocycles. The van der Waals surface area contributed by atoms with Gasteiger partial charge < -0.3 is 9.55 Å². The highest BCUT2D eigenvalue weighted by Gasteiger charge is 2.22. The lowest BCUT2D eigenvalue weighted by Crippen LogP contribution is -2.23. The number of nitrogens with zero attached hydrogens (tertiary/aromatic N) is 7. The zero-order valence-electron chi connectivity index (χ0n) is 20.6. The highest BCUT2D eigenvalue weighted by molar-refractivity contribution is 6.05. The molecule has 4 aromatic heterocycles. The lowest BCUT2D eigenvalue weighted by molar-refractivity contribution is 0.658. The molecule has 0 saturated heterocycles. The van der Waals surface area contributed by atoms with Gasteiger partial charge in [0.15, 0.2) is 0 Å². The maximum absolute atomic E-state index is 9.52. The Kier molecular flexibility index (Phi) is 4.92. The van der Waals surface area contributed by atoms with Gasteiger partial charge in [0.2, 0.25) is 11.8 Å². The van der Waals surface area contributed by atoms with Crippen molar-refractivity contribution in [3.63, 3.8) is 0 Å². The van der Waals surface area contributed by atoms with Gasteiger partial charge in [-0.05, 0) is 72.8 Å². The molecule has 4 heterocycles. The monoisotopic (exact) mass is 482 g/mol. The van der Waals surface area contributed by atoms with E-state index in [1.54, 1.807) is 12.4 Å². The largest absolute Gasteiger partial charge is 0.361 e. The van der Waals surface area contributed by atoms with Gasteiger partial charge in [-0.3, -0.25) is 14.5 Å². The molecule has 2 aromatic carbocycles. The van der Waals surface area contributed by atoms with E-state index in [1.165, 1.54) is 0 Å². The van der Waals surface area contributed by atoms with E-state index in [1.807, 2.05) is 60.6 Å². The predicted octanol–water partition coefficient (Wildman–Crippen LogP) is 5.24. The second kappa shape index (κ2) is 8.18. The number of imidazole rings is 1. The molecule has 0 aliphatic rings. The van der Waals surface area contributed by atoms with E-state index in [0.29, 0.717) is 11.3 Å². The zero-order valence-corrected chi connectivity index (χ0v) is 20.6. The maximum atomic E-state index is 9.52. The van der Waals surface area contributed by atoms with E-state index in [9.17, 15) is 10.5 Å². The van der Waals surface area contributed by atoms with Crippen LogP contribution >= 0.6 is 0 Å². The molecule has 8 nitrogen and oxygen atoms in total. The third-order valence-electron chi connectivity index (χ3n) is 6.87. The summed E-state index contributed by atoms with van der Waals surface area (Å²) in [4.78, 5) is 16.7. The topological polar surface area (TPSA) is 111 Å². The molecule has 0 saturated carbocycles. The lowest BCUT2D eigenvalue weighted by Gasteiger charge is -2.15. The Balaban J connectivity index is 1.65. The average molecular weight is 483 g/mol. The number of rotatable bonds is 3. The first-order valence-corrected chi connectivity index (χ1v) is 11.8. The van der Waals surface area contributed by atoms with Crippen molar-refractivity contribution < 1.29 is 0 Å². The highest BCUT2D eigenvalue weighted by atomic mass is 15.2. The molecule has 0 radical (unpaired) electrons. The Morgan fingerprint density at radius 3 is 2.51 bits per heavy atom. The number of nitriles is 2. The van der Waals surface area contributed by atoms with Crippen LogP contribution < -0.4 is 5.62 Å². The van der Waals surface area contributed by atoms with E-state index in [2.05, 4.69) is 57.4 Å². The molecule has 0 unspecified atom stereocenters. The van der Waals surface area contributed by atoms with Gasteiger partial charge in [0.25, 0.3) is 0 Å². The van der Waals surface area contributed by atoms with Gasteiger partial charge in [-0.2, -0.15) is 10.5 Å². The van der Waals surface area contributed by atoms with Crippen LogP contribution in [0.15, 0.2) is 78.2 Å². The number of nitrogens with one attached hydrogen (secondary N) is 1. The number of aromatic amines is 1. The van der Waals surface area contributed by atoms with Crippen molar-refractivity contribution in [2.75, 3.05) is 0 Å². The molecule has 1 N–H and O–H groups in total. The highest BCUT2D eigenvalue weighted by Crippen LogP contribution is 2.31. The first kappa shape index (κ1) is 22.3. The van der Waals surface area contributed by atoms with Crippen LogP contribution in [0.1, 0.15) is 19.5 Å². The number of H-pyrrole nitrogens is 1. The van der Waals surface area contributed by atoms with E-state index in [-0.39, 0.29) is 0 Å². The second-order valence-electron chi connectivity index (χ2n) is 9.55. The van der Waals surface area contributed by atoms with Gasteiger partial charge in [0.05, 0.1) is 51.8 Å². The summed E-state index contributed by atoms with van der Waals surface area (Å²) in [6, 6.07) is 20.7. The number of aromatic nitrogens is 5. The third kappa shape index (κ3) is 3.47. The Morgan fingerprint density at radius 1 is 0.946 bits per heavy atom. The molecule has 178 valence electrons. The van der Waals surface area contributed by atoms with Crippen molar-refractivity contribution in [3.8, 4) is 29.1 Å². The van der Waals surface area contributed by atoms with Gasteiger partial charge in [0, 0.05) is 24.1 Å². The summed E-state index contributed by atoms with van der Waals surface area (Å²) in [6.07, 6.45) is 7.40. The van der Waals surface area contributed by atoms with Crippen molar-refractivity contribution in [1.29, 1.82) is 10.5 Å². The average Bonchev–Trinajstić information content (AvgIpc) is 3.51. The van der Waals surface area contributed by atoms with Crippen LogP contribution in [0.5, 0.6) is 0 Å². The number of hydrogen-bond donors (Lipinski definition) is 1. The van der Waals surface area contributed by atoms with Crippen LogP contribution in [0.3, 0.4) is 0 Å². The molecule has 6 aromatic rings. The molecular formula is C29H22N8. The van der Waals surface area contributed by atoms with E-state index in [4.69, 9.17) is 4.98 Å². The normalized spacial score (nSPS) is 12.3. The smallest absolute Gasteiger partial charge is 0.226 e. The second-order valence-corrected chi connectivity index (χ2v) is 9.55. The quantitative estimate of drug-likeness (QED) is 0.348. The van der Waals surface area contributed by atoms with E-state index in [0.717, 1.165) is 49.7 Å². The summed E-state index contributed by atoms with van der Waals surface area (Å²) >= 11 is 0.